The number of nitrogens with two attached hydrogens (primary N) is 1. The molecule has 88 valence electrons. The Balaban J connectivity index is 1.84. The third-order valence-corrected chi connectivity index (χ3v) is 2.85. The van der Waals surface area contributed by atoms with E-state index < -0.39 is 0 Å². The summed E-state index contributed by atoms with van der Waals surface area (Å²) in [5, 5.41) is 2.88. The molecule has 1 saturated carbocycles. The molecule has 1 fully saturated rings. The number of furan rings is 1. The lowest BCUT2D eigenvalue weighted by Crippen LogP contribution is -2.47. The maximum Gasteiger partial charge on any atom is 0.287 e. The fraction of sp³-hybridized carbons (Fsp3) is 0.545. The highest BCUT2D eigenvalue weighted by molar-refractivity contribution is 5.91. The number of carbonyl (C=O) groups excluding carboxylic acids is 1. The Bertz CT molecular complexity index is 369. The lowest BCUT2D eigenvalue weighted by atomic mass is 9.89. The zero-order valence-electron chi connectivity index (χ0n) is 9.23. The fourth-order valence-corrected chi connectivity index (χ4v) is 1.74. The van der Waals surface area contributed by atoms with Crippen LogP contribution in [0.3, 0.4) is 0 Å². The molecule has 0 radical (unpaired) electrons. The highest BCUT2D eigenvalue weighted by atomic mass is 16.5. The predicted octanol–water partition coefficient (Wildman–Crippen LogP) is 0.646. The number of hydrogen-bond donors (Lipinski definition) is 2. The lowest BCUT2D eigenvalue weighted by molar-refractivity contribution is 0.0172. The van der Waals surface area contributed by atoms with Crippen molar-refractivity contribution in [3.05, 3.63) is 23.7 Å². The van der Waals surface area contributed by atoms with Crippen molar-refractivity contribution in [2.24, 2.45) is 5.73 Å². The molecule has 1 aromatic heterocycles. The van der Waals surface area contributed by atoms with Gasteiger partial charge in [-0.05, 0) is 25.0 Å². The number of methoxy groups -OCH3 is 1. The summed E-state index contributed by atoms with van der Waals surface area (Å²) < 4.78 is 10.4. The Morgan fingerprint density at radius 2 is 2.38 bits per heavy atom. The van der Waals surface area contributed by atoms with E-state index in [4.69, 9.17) is 14.9 Å². The second-order valence-corrected chi connectivity index (χ2v) is 3.97. The molecule has 5 heteroatoms. The summed E-state index contributed by atoms with van der Waals surface area (Å²) >= 11 is 0. The molecule has 0 spiro atoms. The Hall–Kier alpha value is -1.33. The molecule has 3 N–H and O–H groups in total. The van der Waals surface area contributed by atoms with E-state index in [0.29, 0.717) is 18.1 Å². The van der Waals surface area contributed by atoms with Crippen LogP contribution < -0.4 is 11.1 Å². The minimum atomic E-state index is -0.181. The van der Waals surface area contributed by atoms with Crippen molar-refractivity contribution in [2.75, 3.05) is 7.11 Å². The standard InChI is InChI=1S/C11H16N2O3/c1-15-9-4-7(5-9)13-11(14)10-3-2-8(6-12)16-10/h2-3,7,9H,4-6,12H2,1H3,(H,13,14). The van der Waals surface area contributed by atoms with Crippen molar-refractivity contribution >= 4 is 5.91 Å². The van der Waals surface area contributed by atoms with Gasteiger partial charge in [0.15, 0.2) is 5.76 Å². The van der Waals surface area contributed by atoms with Crippen LogP contribution in [-0.2, 0) is 11.3 Å². The third kappa shape index (κ3) is 2.25. The van der Waals surface area contributed by atoms with Gasteiger partial charge in [-0.1, -0.05) is 0 Å². The van der Waals surface area contributed by atoms with E-state index in [9.17, 15) is 4.79 Å². The van der Waals surface area contributed by atoms with Gasteiger partial charge in [-0.3, -0.25) is 4.79 Å². The molecule has 0 aromatic carbocycles. The van der Waals surface area contributed by atoms with Crippen LogP contribution in [0.15, 0.2) is 16.5 Å². The summed E-state index contributed by atoms with van der Waals surface area (Å²) in [7, 11) is 1.68. The smallest absolute Gasteiger partial charge is 0.287 e. The summed E-state index contributed by atoms with van der Waals surface area (Å²) in [6.07, 6.45) is 2.01. The number of rotatable bonds is 4. The van der Waals surface area contributed by atoms with Crippen LogP contribution in [0.25, 0.3) is 0 Å². The summed E-state index contributed by atoms with van der Waals surface area (Å²) in [4.78, 5) is 11.7. The minimum absolute atomic E-state index is 0.181. The van der Waals surface area contributed by atoms with Gasteiger partial charge in [0.2, 0.25) is 0 Å². The molecule has 0 bridgehead atoms. The largest absolute Gasteiger partial charge is 0.455 e. The molecule has 1 aromatic rings. The number of carbonyl (C=O) groups is 1. The van der Waals surface area contributed by atoms with Gasteiger partial charge in [-0.25, -0.2) is 0 Å². The van der Waals surface area contributed by atoms with E-state index in [2.05, 4.69) is 5.32 Å². The van der Waals surface area contributed by atoms with Crippen LogP contribution in [0, 0.1) is 0 Å². The van der Waals surface area contributed by atoms with Crippen LogP contribution in [0.5, 0.6) is 0 Å². The third-order valence-electron chi connectivity index (χ3n) is 2.85. The Kier molecular flexibility index (Phi) is 3.26. The van der Waals surface area contributed by atoms with E-state index in [1.54, 1.807) is 19.2 Å². The summed E-state index contributed by atoms with van der Waals surface area (Å²) in [6.45, 7) is 0.308. The van der Waals surface area contributed by atoms with E-state index in [1.165, 1.54) is 0 Å². The Morgan fingerprint density at radius 3 is 2.94 bits per heavy atom. The maximum atomic E-state index is 11.7. The minimum Gasteiger partial charge on any atom is -0.455 e. The fourth-order valence-electron chi connectivity index (χ4n) is 1.74. The van der Waals surface area contributed by atoms with Crippen molar-refractivity contribution in [3.63, 3.8) is 0 Å². The Morgan fingerprint density at radius 1 is 1.62 bits per heavy atom. The second kappa shape index (κ2) is 4.67. The average molecular weight is 224 g/mol. The van der Waals surface area contributed by atoms with E-state index in [1.807, 2.05) is 0 Å². The molecule has 1 heterocycles. The van der Waals surface area contributed by atoms with E-state index in [-0.39, 0.29) is 18.1 Å². The lowest BCUT2D eigenvalue weighted by Gasteiger charge is -2.34. The maximum absolute atomic E-state index is 11.7. The molecular formula is C11H16N2O3. The van der Waals surface area contributed by atoms with Crippen molar-refractivity contribution in [3.8, 4) is 0 Å². The first-order chi connectivity index (χ1) is 7.72. The summed E-state index contributed by atoms with van der Waals surface area (Å²) in [6, 6.07) is 3.56. The van der Waals surface area contributed by atoms with Gasteiger partial charge in [0.1, 0.15) is 5.76 Å². The molecule has 16 heavy (non-hydrogen) atoms. The predicted molar refractivity (Wildman–Crippen MR) is 57.9 cm³/mol. The van der Waals surface area contributed by atoms with Crippen molar-refractivity contribution in [1.82, 2.24) is 5.32 Å². The van der Waals surface area contributed by atoms with E-state index in [0.717, 1.165) is 12.8 Å². The van der Waals surface area contributed by atoms with Crippen molar-refractivity contribution < 1.29 is 13.9 Å². The SMILES string of the molecule is COC1CC(NC(=O)c2ccc(CN)o2)C1. The first kappa shape index (κ1) is 11.2. The number of nitrogens with one attached hydrogen (secondary N) is 1. The molecule has 1 aliphatic rings. The number of ether oxygens (including phenoxy) is 1. The molecule has 0 saturated heterocycles. The van der Waals surface area contributed by atoms with Crippen LogP contribution in [0.1, 0.15) is 29.2 Å². The molecule has 0 unspecified atom stereocenters. The first-order valence-corrected chi connectivity index (χ1v) is 5.35. The van der Waals surface area contributed by atoms with Gasteiger partial charge >= 0.3 is 0 Å². The quantitative estimate of drug-likeness (QED) is 0.787. The number of hydrogen-bond acceptors (Lipinski definition) is 4. The highest BCUT2D eigenvalue weighted by Crippen LogP contribution is 2.22. The Labute approximate surface area is 93.9 Å². The van der Waals surface area contributed by atoms with Crippen molar-refractivity contribution in [1.29, 1.82) is 0 Å². The topological polar surface area (TPSA) is 77.5 Å². The molecule has 1 amide bonds. The summed E-state index contributed by atoms with van der Waals surface area (Å²) in [5.74, 6) is 0.758. The molecule has 5 nitrogen and oxygen atoms in total. The second-order valence-electron chi connectivity index (χ2n) is 3.97. The molecule has 0 atom stereocenters. The molecule has 1 aliphatic carbocycles. The van der Waals surface area contributed by atoms with Crippen LogP contribution in [-0.4, -0.2) is 25.2 Å². The molecule has 0 aliphatic heterocycles. The van der Waals surface area contributed by atoms with Gasteiger partial charge in [-0.2, -0.15) is 0 Å². The zero-order valence-corrected chi connectivity index (χ0v) is 9.23. The highest BCUT2D eigenvalue weighted by Gasteiger charge is 2.30. The van der Waals surface area contributed by atoms with Gasteiger partial charge < -0.3 is 20.2 Å². The van der Waals surface area contributed by atoms with Gasteiger partial charge in [0, 0.05) is 13.2 Å². The molecule has 2 rings (SSSR count). The van der Waals surface area contributed by atoms with Crippen LogP contribution in [0.4, 0.5) is 0 Å². The monoisotopic (exact) mass is 224 g/mol. The summed E-state index contributed by atoms with van der Waals surface area (Å²) in [5.41, 5.74) is 5.40. The van der Waals surface area contributed by atoms with Gasteiger partial charge in [-0.15, -0.1) is 0 Å². The zero-order chi connectivity index (χ0) is 11.5. The average Bonchev–Trinajstić information content (AvgIpc) is 2.70. The van der Waals surface area contributed by atoms with Crippen LogP contribution in [0.2, 0.25) is 0 Å². The van der Waals surface area contributed by atoms with Gasteiger partial charge in [0.25, 0.3) is 5.91 Å². The normalized spacial score (nSPS) is 23.9. The molecular weight excluding hydrogens is 208 g/mol. The van der Waals surface area contributed by atoms with Crippen LogP contribution >= 0.6 is 0 Å². The van der Waals surface area contributed by atoms with E-state index >= 15 is 0 Å². The first-order valence-electron chi connectivity index (χ1n) is 5.35. The van der Waals surface area contributed by atoms with Gasteiger partial charge in [0.05, 0.1) is 12.6 Å². The van der Waals surface area contributed by atoms with Crippen molar-refractivity contribution in [2.45, 2.75) is 31.5 Å². The number of amides is 1.